The van der Waals surface area contributed by atoms with Crippen molar-refractivity contribution in [3.8, 4) is 11.1 Å². The van der Waals surface area contributed by atoms with Gasteiger partial charge in [0.2, 0.25) is 0 Å². The van der Waals surface area contributed by atoms with Gasteiger partial charge in [0.15, 0.2) is 5.79 Å². The Morgan fingerprint density at radius 1 is 0.818 bits per heavy atom. The van der Waals surface area contributed by atoms with Gasteiger partial charge in [0, 0.05) is 6.54 Å². The van der Waals surface area contributed by atoms with E-state index in [1.54, 1.807) is 0 Å². The lowest BCUT2D eigenvalue weighted by molar-refractivity contribution is -0.178. The van der Waals surface area contributed by atoms with E-state index in [0.717, 1.165) is 0 Å². The summed E-state index contributed by atoms with van der Waals surface area (Å²) in [6, 6.07) is 27.8. The summed E-state index contributed by atoms with van der Waals surface area (Å²) in [6.45, 7) is 8.38. The highest BCUT2D eigenvalue weighted by molar-refractivity contribution is 5.83. The van der Waals surface area contributed by atoms with Gasteiger partial charge in [0.05, 0.1) is 17.2 Å². The van der Waals surface area contributed by atoms with Crippen molar-refractivity contribution in [3.63, 3.8) is 0 Å². The van der Waals surface area contributed by atoms with Gasteiger partial charge < -0.3 is 14.6 Å². The fourth-order valence-corrected chi connectivity index (χ4v) is 6.56. The van der Waals surface area contributed by atoms with Crippen LogP contribution in [0.1, 0.15) is 44.4 Å². The minimum Gasteiger partial charge on any atom is -0.389 e. The molecule has 0 unspecified atom stereocenters. The van der Waals surface area contributed by atoms with E-state index < -0.39 is 16.9 Å². The summed E-state index contributed by atoms with van der Waals surface area (Å²) in [7, 11) is 0. The summed E-state index contributed by atoms with van der Waals surface area (Å²) >= 11 is 0. The first-order valence-corrected chi connectivity index (χ1v) is 11.8. The lowest BCUT2D eigenvalue weighted by atomic mass is 9.77. The molecule has 2 heterocycles. The normalized spacial score (nSPS) is 27.2. The number of fused-ring (bicyclic) bond motifs is 4. The minimum atomic E-state index is -1.00. The van der Waals surface area contributed by atoms with Crippen molar-refractivity contribution in [1.29, 1.82) is 0 Å². The number of hydrogen-bond acceptors (Lipinski definition) is 4. The number of ether oxygens (including phenoxy) is 2. The van der Waals surface area contributed by atoms with Crippen molar-refractivity contribution in [2.75, 3.05) is 6.54 Å². The van der Waals surface area contributed by atoms with Gasteiger partial charge in [-0.1, -0.05) is 78.9 Å². The van der Waals surface area contributed by atoms with E-state index >= 15 is 0 Å². The van der Waals surface area contributed by atoms with Crippen LogP contribution in [-0.2, 0) is 15.0 Å². The second kappa shape index (κ2) is 7.00. The Hall–Kier alpha value is -2.50. The Labute approximate surface area is 195 Å². The van der Waals surface area contributed by atoms with Crippen molar-refractivity contribution in [1.82, 2.24) is 4.90 Å². The van der Waals surface area contributed by atoms with Crippen molar-refractivity contribution in [2.45, 2.75) is 62.9 Å². The fraction of sp³-hybridized carbons (Fsp3) is 0.379. The molecule has 33 heavy (non-hydrogen) atoms. The Kier molecular flexibility index (Phi) is 4.47. The molecular formula is C29H31NO3. The van der Waals surface area contributed by atoms with Crippen molar-refractivity contribution < 1.29 is 14.6 Å². The molecule has 6 rings (SSSR count). The molecule has 0 amide bonds. The molecule has 1 N–H and O–H groups in total. The van der Waals surface area contributed by atoms with Crippen molar-refractivity contribution in [2.24, 2.45) is 0 Å². The fourth-order valence-electron chi connectivity index (χ4n) is 6.56. The van der Waals surface area contributed by atoms with E-state index in [4.69, 9.17) is 9.47 Å². The molecule has 2 saturated heterocycles. The van der Waals surface area contributed by atoms with Gasteiger partial charge in [-0.05, 0) is 55.5 Å². The van der Waals surface area contributed by atoms with Gasteiger partial charge >= 0.3 is 0 Å². The Morgan fingerprint density at radius 3 is 1.94 bits per heavy atom. The molecule has 3 atom stereocenters. The first kappa shape index (κ1) is 21.1. The van der Waals surface area contributed by atoms with Crippen LogP contribution in [0.15, 0.2) is 78.9 Å². The summed E-state index contributed by atoms with van der Waals surface area (Å²) in [6.07, 6.45) is -0.336. The van der Waals surface area contributed by atoms with Crippen molar-refractivity contribution >= 4 is 0 Å². The molecule has 4 nitrogen and oxygen atoms in total. The van der Waals surface area contributed by atoms with E-state index in [-0.39, 0.29) is 18.2 Å². The van der Waals surface area contributed by atoms with Gasteiger partial charge in [-0.2, -0.15) is 0 Å². The molecule has 1 aliphatic carbocycles. The first-order valence-electron chi connectivity index (χ1n) is 11.8. The number of rotatable bonds is 3. The van der Waals surface area contributed by atoms with Crippen LogP contribution in [0.5, 0.6) is 0 Å². The van der Waals surface area contributed by atoms with Crippen LogP contribution in [-0.4, -0.2) is 46.2 Å². The SMILES string of the molecule is CC1(C)O[C@H]2[C@@H](C(C)(C)O)N(C3(c4ccccc4)c4ccccc4-c4ccccc43)C[C@H]2O1. The monoisotopic (exact) mass is 441 g/mol. The zero-order chi connectivity index (χ0) is 23.0. The average Bonchev–Trinajstić information content (AvgIpc) is 3.37. The maximum absolute atomic E-state index is 11.5. The van der Waals surface area contributed by atoms with Gasteiger partial charge in [0.1, 0.15) is 12.2 Å². The van der Waals surface area contributed by atoms with E-state index in [0.29, 0.717) is 6.54 Å². The molecule has 4 heteroatoms. The Balaban J connectivity index is 1.65. The molecule has 3 aromatic carbocycles. The lowest BCUT2D eigenvalue weighted by Gasteiger charge is -2.48. The van der Waals surface area contributed by atoms with E-state index in [1.807, 2.05) is 27.7 Å². The second-order valence-electron chi connectivity index (χ2n) is 10.6. The van der Waals surface area contributed by atoms with Crippen LogP contribution in [0.3, 0.4) is 0 Å². The van der Waals surface area contributed by atoms with Gasteiger partial charge in [0.25, 0.3) is 0 Å². The van der Waals surface area contributed by atoms with Crippen LogP contribution in [0.2, 0.25) is 0 Å². The first-order chi connectivity index (χ1) is 15.7. The number of aliphatic hydroxyl groups is 1. The molecule has 0 aromatic heterocycles. The summed E-state index contributed by atoms with van der Waals surface area (Å²) in [5.41, 5.74) is 4.60. The minimum absolute atomic E-state index is 0.114. The highest BCUT2D eigenvalue weighted by Crippen LogP contribution is 2.58. The van der Waals surface area contributed by atoms with Gasteiger partial charge in [-0.15, -0.1) is 0 Å². The summed E-state index contributed by atoms with van der Waals surface area (Å²) in [5.74, 6) is -0.656. The highest BCUT2D eigenvalue weighted by Gasteiger charge is 2.63. The van der Waals surface area contributed by atoms with E-state index in [2.05, 4.69) is 83.8 Å². The molecule has 0 radical (unpaired) electrons. The van der Waals surface area contributed by atoms with Crippen molar-refractivity contribution in [3.05, 3.63) is 95.6 Å². The smallest absolute Gasteiger partial charge is 0.163 e. The molecule has 3 aliphatic rings. The summed E-state index contributed by atoms with van der Waals surface area (Å²) < 4.78 is 12.8. The number of benzene rings is 3. The third-order valence-electron chi connectivity index (χ3n) is 7.52. The van der Waals surface area contributed by atoms with Crippen LogP contribution in [0, 0.1) is 0 Å². The third kappa shape index (κ3) is 2.91. The quantitative estimate of drug-likeness (QED) is 0.626. The highest BCUT2D eigenvalue weighted by atomic mass is 16.8. The van der Waals surface area contributed by atoms with E-state index in [1.165, 1.54) is 27.8 Å². The topological polar surface area (TPSA) is 41.9 Å². The lowest BCUT2D eigenvalue weighted by Crippen LogP contribution is -2.59. The molecule has 0 bridgehead atoms. The van der Waals surface area contributed by atoms with Crippen LogP contribution < -0.4 is 0 Å². The molecule has 3 aromatic rings. The molecule has 170 valence electrons. The largest absolute Gasteiger partial charge is 0.389 e. The molecule has 0 spiro atoms. The van der Waals surface area contributed by atoms with Crippen LogP contribution >= 0.6 is 0 Å². The summed E-state index contributed by atoms with van der Waals surface area (Å²) in [4.78, 5) is 2.46. The third-order valence-corrected chi connectivity index (χ3v) is 7.52. The number of hydrogen-bond donors (Lipinski definition) is 1. The maximum atomic E-state index is 11.5. The van der Waals surface area contributed by atoms with Crippen LogP contribution in [0.4, 0.5) is 0 Å². The molecule has 2 aliphatic heterocycles. The predicted molar refractivity (Wildman–Crippen MR) is 129 cm³/mol. The standard InChI is InChI=1S/C29H31NO3/c1-27(2,31)26-25-24(32-28(3,4)33-25)18-30(26)29(19-12-6-5-7-13-19)22-16-10-8-14-20(22)21-15-9-11-17-23(21)29/h5-17,24-26,31H,18H2,1-4H3/t24-,25-,26+/m1/s1. The van der Waals surface area contributed by atoms with Gasteiger partial charge in [-0.25, -0.2) is 0 Å². The average molecular weight is 442 g/mol. The Morgan fingerprint density at radius 2 is 1.36 bits per heavy atom. The molecule has 2 fully saturated rings. The predicted octanol–water partition coefficient (Wildman–Crippen LogP) is 4.93. The second-order valence-corrected chi connectivity index (χ2v) is 10.6. The summed E-state index contributed by atoms with van der Waals surface area (Å²) in [5, 5.41) is 11.5. The molecular weight excluding hydrogens is 410 g/mol. The van der Waals surface area contributed by atoms with E-state index in [9.17, 15) is 5.11 Å². The molecule has 0 saturated carbocycles. The number of nitrogens with zero attached hydrogens (tertiary/aromatic N) is 1. The number of likely N-dealkylation sites (tertiary alicyclic amines) is 1. The Bertz CT molecular complexity index is 1150. The van der Waals surface area contributed by atoms with Gasteiger partial charge in [-0.3, -0.25) is 4.90 Å². The zero-order valence-electron chi connectivity index (χ0n) is 19.7. The zero-order valence-corrected chi connectivity index (χ0v) is 19.7. The van der Waals surface area contributed by atoms with Crippen LogP contribution in [0.25, 0.3) is 11.1 Å². The maximum Gasteiger partial charge on any atom is 0.163 e.